The van der Waals surface area contributed by atoms with Crippen LogP contribution in [0.1, 0.15) is 29.5 Å². The Balaban J connectivity index is 1.36. The van der Waals surface area contributed by atoms with Crippen LogP contribution in [-0.2, 0) is 29.1 Å². The predicted molar refractivity (Wildman–Crippen MR) is 117 cm³/mol. The van der Waals surface area contributed by atoms with Gasteiger partial charge in [-0.3, -0.25) is 9.69 Å². The van der Waals surface area contributed by atoms with E-state index in [0.717, 1.165) is 63.3 Å². The van der Waals surface area contributed by atoms with Gasteiger partial charge < -0.3 is 14.4 Å². The number of benzene rings is 2. The fraction of sp³-hybridized carbons (Fsp3) is 0.480. The molecule has 0 N–H and O–H groups in total. The first kappa shape index (κ1) is 20.9. The van der Waals surface area contributed by atoms with E-state index in [0.29, 0.717) is 12.5 Å². The average molecular weight is 409 g/mol. The van der Waals surface area contributed by atoms with Gasteiger partial charge in [-0.15, -0.1) is 0 Å². The molecule has 2 aromatic rings. The lowest BCUT2D eigenvalue weighted by Gasteiger charge is -2.24. The van der Waals surface area contributed by atoms with Gasteiger partial charge in [-0.25, -0.2) is 0 Å². The molecule has 2 aromatic carbocycles. The van der Waals surface area contributed by atoms with Crippen LogP contribution in [-0.4, -0.2) is 56.1 Å². The Kier molecular flexibility index (Phi) is 6.40. The number of nitrogens with zero attached hydrogens (tertiary/aromatic N) is 2. The summed E-state index contributed by atoms with van der Waals surface area (Å²) in [6, 6.07) is 16.7. The van der Waals surface area contributed by atoms with E-state index >= 15 is 0 Å². The maximum Gasteiger partial charge on any atom is 0.230 e. The molecule has 1 amide bonds. The maximum absolute atomic E-state index is 13.2. The van der Waals surface area contributed by atoms with Crippen LogP contribution >= 0.6 is 0 Å². The molecular formula is C25H32N2O3. The van der Waals surface area contributed by atoms with Crippen LogP contribution in [0.15, 0.2) is 48.5 Å². The van der Waals surface area contributed by atoms with Gasteiger partial charge in [0.1, 0.15) is 5.75 Å². The molecule has 30 heavy (non-hydrogen) atoms. The monoisotopic (exact) mass is 408 g/mol. The summed E-state index contributed by atoms with van der Waals surface area (Å²) in [6.07, 6.45) is 2.88. The highest BCUT2D eigenvalue weighted by Crippen LogP contribution is 2.41. The molecule has 2 aliphatic rings. The van der Waals surface area contributed by atoms with E-state index in [1.165, 1.54) is 11.1 Å². The van der Waals surface area contributed by atoms with Crippen molar-refractivity contribution >= 4 is 5.91 Å². The first-order chi connectivity index (χ1) is 14.6. The number of likely N-dealkylation sites (tertiary alicyclic amines) is 2. The van der Waals surface area contributed by atoms with E-state index in [2.05, 4.69) is 46.2 Å². The van der Waals surface area contributed by atoms with Crippen LogP contribution in [0.3, 0.4) is 0 Å². The number of hydrogen-bond donors (Lipinski definition) is 0. The minimum absolute atomic E-state index is 0.182. The summed E-state index contributed by atoms with van der Waals surface area (Å²) in [5, 5.41) is 0. The third-order valence-electron chi connectivity index (χ3n) is 6.60. The molecule has 0 saturated carbocycles. The van der Waals surface area contributed by atoms with Gasteiger partial charge in [0, 0.05) is 38.9 Å². The summed E-state index contributed by atoms with van der Waals surface area (Å²) < 4.78 is 10.7. The number of carbonyl (C=O) groups excluding carboxylic acids is 1. The number of carbonyl (C=O) groups is 1. The standard InChI is InChI=1S/C25H32N2O3/c1-29-18-22-16-21(8-9-23(22)30-2)17-26-14-11-25(19-26)12-15-27(24(25)28)13-10-20-6-4-3-5-7-20/h3-9,16H,10-15,17-19H2,1-2H3. The SMILES string of the molecule is COCc1cc(CN2CCC3(CCN(CCc4ccccc4)C3=O)C2)ccc1OC. The minimum atomic E-state index is -0.182. The van der Waals surface area contributed by atoms with Crippen LogP contribution in [0.25, 0.3) is 0 Å². The Bertz CT molecular complexity index is 870. The summed E-state index contributed by atoms with van der Waals surface area (Å²) >= 11 is 0. The van der Waals surface area contributed by atoms with Crippen LogP contribution in [0.2, 0.25) is 0 Å². The van der Waals surface area contributed by atoms with Gasteiger partial charge in [0.25, 0.3) is 0 Å². The van der Waals surface area contributed by atoms with E-state index in [-0.39, 0.29) is 5.41 Å². The summed E-state index contributed by atoms with van der Waals surface area (Å²) in [4.78, 5) is 17.7. The lowest BCUT2D eigenvalue weighted by Crippen LogP contribution is -2.37. The van der Waals surface area contributed by atoms with Crippen molar-refractivity contribution in [2.45, 2.75) is 32.4 Å². The van der Waals surface area contributed by atoms with Gasteiger partial charge in [0.2, 0.25) is 5.91 Å². The minimum Gasteiger partial charge on any atom is -0.496 e. The van der Waals surface area contributed by atoms with E-state index in [1.807, 2.05) is 12.1 Å². The largest absolute Gasteiger partial charge is 0.496 e. The molecule has 5 heteroatoms. The van der Waals surface area contributed by atoms with Crippen molar-refractivity contribution in [3.8, 4) is 5.75 Å². The lowest BCUT2D eigenvalue weighted by molar-refractivity contribution is -0.135. The molecule has 2 aliphatic heterocycles. The number of ether oxygens (including phenoxy) is 2. The second-order valence-electron chi connectivity index (χ2n) is 8.60. The number of methoxy groups -OCH3 is 2. The molecule has 0 radical (unpaired) electrons. The molecule has 1 atom stereocenters. The molecule has 1 unspecified atom stereocenters. The molecule has 0 bridgehead atoms. The van der Waals surface area contributed by atoms with Gasteiger partial charge >= 0.3 is 0 Å². The molecule has 2 heterocycles. The number of amides is 1. The zero-order valence-electron chi connectivity index (χ0n) is 18.1. The van der Waals surface area contributed by atoms with E-state index in [1.54, 1.807) is 14.2 Å². The van der Waals surface area contributed by atoms with Crippen molar-refractivity contribution in [1.82, 2.24) is 9.80 Å². The van der Waals surface area contributed by atoms with Gasteiger partial charge in [-0.2, -0.15) is 0 Å². The molecule has 0 aliphatic carbocycles. The van der Waals surface area contributed by atoms with Gasteiger partial charge in [-0.1, -0.05) is 36.4 Å². The highest BCUT2D eigenvalue weighted by Gasteiger charge is 2.50. The normalized spacial score (nSPS) is 21.7. The maximum atomic E-state index is 13.2. The Morgan fingerprint density at radius 1 is 1.00 bits per heavy atom. The molecular weight excluding hydrogens is 376 g/mol. The molecule has 0 aromatic heterocycles. The molecule has 5 nitrogen and oxygen atoms in total. The fourth-order valence-electron chi connectivity index (χ4n) is 4.94. The van der Waals surface area contributed by atoms with E-state index in [4.69, 9.17) is 9.47 Å². The Morgan fingerprint density at radius 2 is 1.80 bits per heavy atom. The predicted octanol–water partition coefficient (Wildman–Crippen LogP) is 3.51. The second kappa shape index (κ2) is 9.19. The third kappa shape index (κ3) is 4.37. The van der Waals surface area contributed by atoms with Crippen molar-refractivity contribution < 1.29 is 14.3 Å². The fourth-order valence-corrected chi connectivity index (χ4v) is 4.94. The Morgan fingerprint density at radius 3 is 2.57 bits per heavy atom. The van der Waals surface area contributed by atoms with Crippen molar-refractivity contribution in [1.29, 1.82) is 0 Å². The summed E-state index contributed by atoms with van der Waals surface area (Å²) in [7, 11) is 3.39. The van der Waals surface area contributed by atoms with E-state index < -0.39 is 0 Å². The van der Waals surface area contributed by atoms with Crippen molar-refractivity contribution in [3.05, 3.63) is 65.2 Å². The highest BCUT2D eigenvalue weighted by atomic mass is 16.5. The van der Waals surface area contributed by atoms with Gasteiger partial charge in [0.05, 0.1) is 19.1 Å². The third-order valence-corrected chi connectivity index (χ3v) is 6.60. The van der Waals surface area contributed by atoms with Crippen molar-refractivity contribution in [2.24, 2.45) is 5.41 Å². The van der Waals surface area contributed by atoms with Crippen LogP contribution < -0.4 is 4.74 Å². The lowest BCUT2D eigenvalue weighted by atomic mass is 9.85. The van der Waals surface area contributed by atoms with Crippen LogP contribution in [0.5, 0.6) is 5.75 Å². The quantitative estimate of drug-likeness (QED) is 0.670. The molecule has 2 saturated heterocycles. The Hall–Kier alpha value is -2.37. The highest BCUT2D eigenvalue weighted by molar-refractivity contribution is 5.85. The summed E-state index contributed by atoms with van der Waals surface area (Å²) in [5.41, 5.74) is 3.42. The summed E-state index contributed by atoms with van der Waals surface area (Å²) in [5.74, 6) is 1.22. The van der Waals surface area contributed by atoms with Gasteiger partial charge in [-0.05, 0) is 49.1 Å². The smallest absolute Gasteiger partial charge is 0.230 e. The van der Waals surface area contributed by atoms with Crippen molar-refractivity contribution in [2.75, 3.05) is 40.4 Å². The zero-order chi connectivity index (χ0) is 21.0. The molecule has 160 valence electrons. The average Bonchev–Trinajstić information content (AvgIpc) is 3.31. The second-order valence-corrected chi connectivity index (χ2v) is 8.60. The summed E-state index contributed by atoms with van der Waals surface area (Å²) in [6.45, 7) is 4.95. The van der Waals surface area contributed by atoms with Crippen LogP contribution in [0.4, 0.5) is 0 Å². The van der Waals surface area contributed by atoms with E-state index in [9.17, 15) is 4.79 Å². The van der Waals surface area contributed by atoms with Crippen LogP contribution in [0, 0.1) is 5.41 Å². The topological polar surface area (TPSA) is 42.0 Å². The molecule has 4 rings (SSSR count). The zero-order valence-corrected chi connectivity index (χ0v) is 18.1. The molecule has 2 fully saturated rings. The molecule has 1 spiro atoms. The first-order valence-corrected chi connectivity index (χ1v) is 10.8. The van der Waals surface area contributed by atoms with Crippen molar-refractivity contribution in [3.63, 3.8) is 0 Å². The first-order valence-electron chi connectivity index (χ1n) is 10.8. The van der Waals surface area contributed by atoms with Gasteiger partial charge in [0.15, 0.2) is 0 Å². The number of rotatable bonds is 8. The number of hydrogen-bond acceptors (Lipinski definition) is 4. The Labute approximate surface area is 179 Å².